The molecule has 1 atom stereocenters. The Morgan fingerprint density at radius 1 is 1.00 bits per heavy atom. The normalized spacial score (nSPS) is 11.8. The maximum Gasteiger partial charge on any atom is 0.137 e. The smallest absolute Gasteiger partial charge is 0.137 e. The van der Waals surface area contributed by atoms with Crippen molar-refractivity contribution in [3.05, 3.63) is 60.2 Å². The van der Waals surface area contributed by atoms with E-state index in [0.717, 1.165) is 23.4 Å². The van der Waals surface area contributed by atoms with Gasteiger partial charge in [0.25, 0.3) is 0 Å². The summed E-state index contributed by atoms with van der Waals surface area (Å²) in [5.74, 6) is 0.108. The van der Waals surface area contributed by atoms with Crippen LogP contribution in [0.5, 0.6) is 0 Å². The number of hydrogen-bond acceptors (Lipinski definition) is 2. The van der Waals surface area contributed by atoms with Crippen molar-refractivity contribution in [3.63, 3.8) is 0 Å². The van der Waals surface area contributed by atoms with E-state index in [2.05, 4.69) is 36.4 Å². The third-order valence-electron chi connectivity index (χ3n) is 4.06. The van der Waals surface area contributed by atoms with Crippen LogP contribution in [0.2, 0.25) is 0 Å². The third-order valence-corrected chi connectivity index (χ3v) is 4.63. The zero-order valence-electron chi connectivity index (χ0n) is 14.0. The van der Waals surface area contributed by atoms with Crippen molar-refractivity contribution in [2.24, 2.45) is 0 Å². The molecule has 0 aliphatic carbocycles. The minimum Gasteiger partial charge on any atom is -0.372 e. The largest absolute Gasteiger partial charge is 0.372 e. The summed E-state index contributed by atoms with van der Waals surface area (Å²) < 4.78 is 0. The maximum absolute atomic E-state index is 12.0. The van der Waals surface area contributed by atoms with Gasteiger partial charge in [-0.25, -0.2) is 0 Å². The Kier molecular flexibility index (Phi) is 6.05. The molecule has 2 rings (SSSR count). The SMILES string of the molecule is CC(=O)C(CCC(=S)N(C)C)c1ccc(-c2ccccc2)cc1. The summed E-state index contributed by atoms with van der Waals surface area (Å²) in [6, 6.07) is 18.6. The third kappa shape index (κ3) is 4.73. The van der Waals surface area contributed by atoms with Gasteiger partial charge in [0, 0.05) is 20.0 Å². The number of carbonyl (C=O) groups excluding carboxylic acids is 1. The first-order valence-corrected chi connectivity index (χ1v) is 8.26. The average molecular weight is 325 g/mol. The standard InChI is InChI=1S/C20H23NOS/c1-15(22)19(13-14-20(23)21(2)3)18-11-9-17(10-12-18)16-7-5-4-6-8-16/h4-12,19H,13-14H2,1-3H3. The second-order valence-corrected chi connectivity index (χ2v) is 6.45. The van der Waals surface area contributed by atoms with Gasteiger partial charge in [-0.2, -0.15) is 0 Å². The molecule has 0 aliphatic heterocycles. The Labute approximate surface area is 144 Å². The molecule has 0 spiro atoms. The second kappa shape index (κ2) is 8.02. The number of benzene rings is 2. The minimum absolute atomic E-state index is 0.0854. The lowest BCUT2D eigenvalue weighted by molar-refractivity contribution is -0.118. The van der Waals surface area contributed by atoms with Crippen LogP contribution in [0.4, 0.5) is 0 Å². The predicted molar refractivity (Wildman–Crippen MR) is 101 cm³/mol. The van der Waals surface area contributed by atoms with E-state index in [1.165, 1.54) is 11.1 Å². The summed E-state index contributed by atoms with van der Waals surface area (Å²) in [4.78, 5) is 14.8. The molecular formula is C20H23NOS. The molecule has 23 heavy (non-hydrogen) atoms. The van der Waals surface area contributed by atoms with Gasteiger partial charge >= 0.3 is 0 Å². The summed E-state index contributed by atoms with van der Waals surface area (Å²) >= 11 is 5.33. The Morgan fingerprint density at radius 2 is 1.57 bits per heavy atom. The van der Waals surface area contributed by atoms with Crippen molar-refractivity contribution in [1.29, 1.82) is 0 Å². The predicted octanol–water partition coefficient (Wildman–Crippen LogP) is 4.70. The molecule has 0 saturated carbocycles. The number of hydrogen-bond donors (Lipinski definition) is 0. The van der Waals surface area contributed by atoms with Gasteiger partial charge < -0.3 is 4.90 Å². The van der Waals surface area contributed by atoms with Crippen LogP contribution in [0.15, 0.2) is 54.6 Å². The van der Waals surface area contributed by atoms with Gasteiger partial charge in [0.15, 0.2) is 0 Å². The van der Waals surface area contributed by atoms with Gasteiger partial charge in [0.05, 0.1) is 4.99 Å². The van der Waals surface area contributed by atoms with Crippen LogP contribution in [0.1, 0.15) is 31.2 Å². The van der Waals surface area contributed by atoms with Crippen LogP contribution in [0.25, 0.3) is 11.1 Å². The van der Waals surface area contributed by atoms with Crippen LogP contribution in [-0.4, -0.2) is 29.8 Å². The van der Waals surface area contributed by atoms with Crippen molar-refractivity contribution in [2.75, 3.05) is 14.1 Å². The first-order chi connectivity index (χ1) is 11.0. The summed E-state index contributed by atoms with van der Waals surface area (Å²) in [5.41, 5.74) is 3.42. The highest BCUT2D eigenvalue weighted by atomic mass is 32.1. The zero-order chi connectivity index (χ0) is 16.8. The topological polar surface area (TPSA) is 20.3 Å². The van der Waals surface area contributed by atoms with Crippen LogP contribution in [0.3, 0.4) is 0 Å². The average Bonchev–Trinajstić information content (AvgIpc) is 2.56. The van der Waals surface area contributed by atoms with Gasteiger partial charge in [-0.1, -0.05) is 66.8 Å². The van der Waals surface area contributed by atoms with E-state index in [0.29, 0.717) is 0 Å². The van der Waals surface area contributed by atoms with E-state index in [1.54, 1.807) is 6.92 Å². The molecule has 0 aliphatic rings. The molecule has 120 valence electrons. The Balaban J connectivity index is 2.14. The van der Waals surface area contributed by atoms with Gasteiger partial charge in [0.1, 0.15) is 5.78 Å². The summed E-state index contributed by atoms with van der Waals surface area (Å²) in [5, 5.41) is 0. The van der Waals surface area contributed by atoms with E-state index in [-0.39, 0.29) is 11.7 Å². The molecule has 0 amide bonds. The van der Waals surface area contributed by atoms with Gasteiger partial charge in [0.2, 0.25) is 0 Å². The molecule has 0 aromatic heterocycles. The van der Waals surface area contributed by atoms with Crippen molar-refractivity contribution in [3.8, 4) is 11.1 Å². The molecule has 0 saturated heterocycles. The molecule has 3 heteroatoms. The van der Waals surface area contributed by atoms with E-state index in [9.17, 15) is 4.79 Å². The van der Waals surface area contributed by atoms with Crippen molar-refractivity contribution >= 4 is 23.0 Å². The highest BCUT2D eigenvalue weighted by Gasteiger charge is 2.17. The molecule has 1 unspecified atom stereocenters. The maximum atomic E-state index is 12.0. The number of Topliss-reactive ketones (excluding diaryl/α,β-unsaturated/α-hetero) is 1. The summed E-state index contributed by atoms with van der Waals surface area (Å²) in [6.45, 7) is 1.66. The minimum atomic E-state index is -0.0854. The first kappa shape index (κ1) is 17.4. The summed E-state index contributed by atoms with van der Waals surface area (Å²) in [6.07, 6.45) is 1.52. The lowest BCUT2D eigenvalue weighted by atomic mass is 9.89. The number of nitrogens with zero attached hydrogens (tertiary/aromatic N) is 1. The monoisotopic (exact) mass is 325 g/mol. The van der Waals surface area contributed by atoms with Crippen LogP contribution in [-0.2, 0) is 4.79 Å². The fourth-order valence-electron chi connectivity index (χ4n) is 2.63. The van der Waals surface area contributed by atoms with Gasteiger partial charge in [-0.15, -0.1) is 0 Å². The van der Waals surface area contributed by atoms with Gasteiger partial charge in [-0.05, 0) is 36.5 Å². The first-order valence-electron chi connectivity index (χ1n) is 7.85. The van der Waals surface area contributed by atoms with Crippen molar-refractivity contribution in [1.82, 2.24) is 4.90 Å². The van der Waals surface area contributed by atoms with Crippen LogP contribution >= 0.6 is 12.2 Å². The lowest BCUT2D eigenvalue weighted by Gasteiger charge is -2.18. The van der Waals surface area contributed by atoms with E-state index >= 15 is 0 Å². The molecule has 0 fully saturated rings. The number of carbonyl (C=O) groups is 1. The molecular weight excluding hydrogens is 302 g/mol. The Bertz CT molecular complexity index is 662. The molecule has 0 N–H and O–H groups in total. The molecule has 2 aromatic carbocycles. The Morgan fingerprint density at radius 3 is 2.09 bits per heavy atom. The van der Waals surface area contributed by atoms with E-state index in [4.69, 9.17) is 12.2 Å². The van der Waals surface area contributed by atoms with Gasteiger partial charge in [-0.3, -0.25) is 4.79 Å². The number of rotatable bonds is 6. The molecule has 2 nitrogen and oxygen atoms in total. The van der Waals surface area contributed by atoms with Crippen molar-refractivity contribution in [2.45, 2.75) is 25.7 Å². The highest BCUT2D eigenvalue weighted by molar-refractivity contribution is 7.80. The lowest BCUT2D eigenvalue weighted by Crippen LogP contribution is -2.21. The highest BCUT2D eigenvalue weighted by Crippen LogP contribution is 2.26. The fourth-order valence-corrected chi connectivity index (χ4v) is 2.75. The molecule has 2 aromatic rings. The molecule has 0 radical (unpaired) electrons. The Hall–Kier alpha value is -2.00. The van der Waals surface area contributed by atoms with Crippen LogP contribution in [0, 0.1) is 0 Å². The van der Waals surface area contributed by atoms with E-state index in [1.807, 2.05) is 37.2 Å². The van der Waals surface area contributed by atoms with Crippen molar-refractivity contribution < 1.29 is 4.79 Å². The molecule has 0 heterocycles. The zero-order valence-corrected chi connectivity index (χ0v) is 14.8. The second-order valence-electron chi connectivity index (χ2n) is 5.98. The van der Waals surface area contributed by atoms with E-state index < -0.39 is 0 Å². The quantitative estimate of drug-likeness (QED) is 0.718. The summed E-state index contributed by atoms with van der Waals surface area (Å²) in [7, 11) is 3.89. The van der Waals surface area contributed by atoms with Crippen LogP contribution < -0.4 is 0 Å². The molecule has 0 bridgehead atoms. The number of ketones is 1. The fraction of sp³-hybridized carbons (Fsp3) is 0.300. The number of thiocarbonyl (C=S) groups is 1.